The molecule has 4 heteroatoms. The Morgan fingerprint density at radius 1 is 1.35 bits per heavy atom. The maximum Gasteiger partial charge on any atom is 0.146 e. The van der Waals surface area contributed by atoms with Crippen molar-refractivity contribution in [3.05, 3.63) is 29.6 Å². The Labute approximate surface area is 102 Å². The molecule has 1 rings (SSSR count). The number of hydrogen-bond acceptors (Lipinski definition) is 3. The molecule has 1 aromatic carbocycles. The van der Waals surface area contributed by atoms with E-state index in [9.17, 15) is 4.39 Å². The number of anilines is 1. The van der Waals surface area contributed by atoms with E-state index < -0.39 is 0 Å². The number of nitrogens with zero attached hydrogens (tertiary/aromatic N) is 1. The third kappa shape index (κ3) is 3.98. The summed E-state index contributed by atoms with van der Waals surface area (Å²) < 4.78 is 13.7. The summed E-state index contributed by atoms with van der Waals surface area (Å²) in [7, 11) is 0. The summed E-state index contributed by atoms with van der Waals surface area (Å²) in [5.74, 6) is -0.236. The van der Waals surface area contributed by atoms with E-state index in [0.717, 1.165) is 18.7 Å². The molecule has 0 saturated heterocycles. The van der Waals surface area contributed by atoms with Gasteiger partial charge in [-0.25, -0.2) is 4.39 Å². The highest BCUT2D eigenvalue weighted by atomic mass is 19.1. The van der Waals surface area contributed by atoms with Crippen LogP contribution in [0, 0.1) is 5.82 Å². The smallest absolute Gasteiger partial charge is 0.146 e. The fourth-order valence-corrected chi connectivity index (χ4v) is 1.75. The van der Waals surface area contributed by atoms with E-state index in [-0.39, 0.29) is 12.4 Å². The summed E-state index contributed by atoms with van der Waals surface area (Å²) >= 11 is 0. The number of aliphatic hydroxyl groups is 1. The predicted molar refractivity (Wildman–Crippen MR) is 68.8 cm³/mol. The van der Waals surface area contributed by atoms with Gasteiger partial charge in [0.2, 0.25) is 0 Å². The van der Waals surface area contributed by atoms with Crippen LogP contribution in [-0.4, -0.2) is 31.3 Å². The maximum absolute atomic E-state index is 13.7. The second kappa shape index (κ2) is 7.25. The molecule has 0 aliphatic rings. The normalized spacial score (nSPS) is 10.6. The van der Waals surface area contributed by atoms with Gasteiger partial charge in [-0.3, -0.25) is 0 Å². The zero-order valence-corrected chi connectivity index (χ0v) is 10.5. The zero-order chi connectivity index (χ0) is 12.7. The molecule has 2 N–H and O–H groups in total. The van der Waals surface area contributed by atoms with Gasteiger partial charge in [-0.1, -0.05) is 13.0 Å². The molecule has 0 atom stereocenters. The first-order valence-corrected chi connectivity index (χ1v) is 6.07. The fraction of sp³-hybridized carbons (Fsp3) is 0.538. The van der Waals surface area contributed by atoms with Crippen molar-refractivity contribution >= 4 is 5.69 Å². The van der Waals surface area contributed by atoms with Crippen LogP contribution in [0.25, 0.3) is 0 Å². The highest BCUT2D eigenvalue weighted by Gasteiger charge is 2.10. The van der Waals surface area contributed by atoms with Crippen LogP contribution < -0.4 is 10.2 Å². The van der Waals surface area contributed by atoms with Crippen molar-refractivity contribution in [2.45, 2.75) is 20.4 Å². The zero-order valence-electron chi connectivity index (χ0n) is 10.5. The van der Waals surface area contributed by atoms with E-state index in [2.05, 4.69) is 5.32 Å². The van der Waals surface area contributed by atoms with Crippen LogP contribution in [0.15, 0.2) is 18.2 Å². The van der Waals surface area contributed by atoms with Crippen molar-refractivity contribution < 1.29 is 9.50 Å². The van der Waals surface area contributed by atoms with Crippen molar-refractivity contribution in [3.8, 4) is 0 Å². The number of hydrogen-bond donors (Lipinski definition) is 2. The lowest BCUT2D eigenvalue weighted by atomic mass is 10.1. The number of nitrogens with one attached hydrogen (secondary N) is 1. The van der Waals surface area contributed by atoms with Crippen molar-refractivity contribution in [1.29, 1.82) is 0 Å². The summed E-state index contributed by atoms with van der Waals surface area (Å²) in [6, 6.07) is 5.12. The first-order chi connectivity index (χ1) is 8.22. The van der Waals surface area contributed by atoms with Gasteiger partial charge in [0.1, 0.15) is 5.82 Å². The minimum absolute atomic E-state index is 0.0325. The van der Waals surface area contributed by atoms with E-state index in [1.165, 1.54) is 6.07 Å². The molecule has 0 aliphatic heterocycles. The Morgan fingerprint density at radius 2 is 2.12 bits per heavy atom. The highest BCUT2D eigenvalue weighted by molar-refractivity contribution is 5.50. The molecule has 0 amide bonds. The van der Waals surface area contributed by atoms with Gasteiger partial charge in [-0.15, -0.1) is 0 Å². The van der Waals surface area contributed by atoms with Crippen molar-refractivity contribution in [2.75, 3.05) is 31.1 Å². The Balaban J connectivity index is 2.87. The third-order valence-corrected chi connectivity index (χ3v) is 2.68. The van der Waals surface area contributed by atoms with Gasteiger partial charge in [0, 0.05) is 19.6 Å². The fourth-order valence-electron chi connectivity index (χ4n) is 1.75. The Morgan fingerprint density at radius 3 is 2.71 bits per heavy atom. The van der Waals surface area contributed by atoms with E-state index in [0.29, 0.717) is 18.8 Å². The molecule has 0 fully saturated rings. The molecule has 0 aromatic heterocycles. The first kappa shape index (κ1) is 13.9. The van der Waals surface area contributed by atoms with Gasteiger partial charge in [0.25, 0.3) is 0 Å². The SMILES string of the molecule is CCNCc1ccc(F)c(N(CC)CCO)c1. The molecular weight excluding hydrogens is 219 g/mol. The van der Waals surface area contributed by atoms with E-state index in [1.54, 1.807) is 6.07 Å². The summed E-state index contributed by atoms with van der Waals surface area (Å²) in [4.78, 5) is 1.84. The highest BCUT2D eigenvalue weighted by Crippen LogP contribution is 2.20. The van der Waals surface area contributed by atoms with Crippen LogP contribution >= 0.6 is 0 Å². The molecule has 0 bridgehead atoms. The molecule has 0 aliphatic carbocycles. The Kier molecular flexibility index (Phi) is 5.94. The molecule has 0 unspecified atom stereocenters. The van der Waals surface area contributed by atoms with E-state index in [1.807, 2.05) is 24.8 Å². The van der Waals surface area contributed by atoms with Crippen molar-refractivity contribution in [3.63, 3.8) is 0 Å². The largest absolute Gasteiger partial charge is 0.395 e. The van der Waals surface area contributed by atoms with Crippen LogP contribution in [0.3, 0.4) is 0 Å². The lowest BCUT2D eigenvalue weighted by Crippen LogP contribution is -2.27. The number of aliphatic hydroxyl groups excluding tert-OH is 1. The Hall–Kier alpha value is -1.13. The number of benzene rings is 1. The molecule has 96 valence electrons. The molecule has 0 spiro atoms. The van der Waals surface area contributed by atoms with Gasteiger partial charge in [0.15, 0.2) is 0 Å². The van der Waals surface area contributed by atoms with E-state index >= 15 is 0 Å². The topological polar surface area (TPSA) is 35.5 Å². The number of halogens is 1. The van der Waals surface area contributed by atoms with Crippen LogP contribution in [0.4, 0.5) is 10.1 Å². The first-order valence-electron chi connectivity index (χ1n) is 6.07. The van der Waals surface area contributed by atoms with Crippen LogP contribution in [0.1, 0.15) is 19.4 Å². The number of rotatable bonds is 7. The molecule has 0 heterocycles. The lowest BCUT2D eigenvalue weighted by Gasteiger charge is -2.23. The maximum atomic E-state index is 13.7. The summed E-state index contributed by atoms with van der Waals surface area (Å²) in [5, 5.41) is 12.2. The summed E-state index contributed by atoms with van der Waals surface area (Å²) in [6.07, 6.45) is 0. The van der Waals surface area contributed by atoms with Gasteiger partial charge < -0.3 is 15.3 Å². The van der Waals surface area contributed by atoms with Gasteiger partial charge in [0.05, 0.1) is 12.3 Å². The predicted octanol–water partition coefficient (Wildman–Crippen LogP) is 1.75. The average Bonchev–Trinajstić information content (AvgIpc) is 2.35. The summed E-state index contributed by atoms with van der Waals surface area (Å²) in [5.41, 5.74) is 1.62. The molecule has 17 heavy (non-hydrogen) atoms. The molecule has 3 nitrogen and oxygen atoms in total. The van der Waals surface area contributed by atoms with Gasteiger partial charge in [-0.05, 0) is 31.2 Å². The molecule has 1 aromatic rings. The molecule has 0 saturated carbocycles. The van der Waals surface area contributed by atoms with E-state index in [4.69, 9.17) is 5.11 Å². The lowest BCUT2D eigenvalue weighted by molar-refractivity contribution is 0.302. The number of likely N-dealkylation sites (N-methyl/N-ethyl adjacent to an activating group) is 1. The van der Waals surface area contributed by atoms with Crippen LogP contribution in [-0.2, 0) is 6.54 Å². The quantitative estimate of drug-likeness (QED) is 0.762. The average molecular weight is 240 g/mol. The van der Waals surface area contributed by atoms with Crippen LogP contribution in [0.2, 0.25) is 0 Å². The molecular formula is C13H21FN2O. The van der Waals surface area contributed by atoms with Crippen LogP contribution in [0.5, 0.6) is 0 Å². The monoisotopic (exact) mass is 240 g/mol. The standard InChI is InChI=1S/C13H21FN2O/c1-3-15-10-11-5-6-12(14)13(9-11)16(4-2)7-8-17/h5-6,9,15,17H,3-4,7-8,10H2,1-2H3. The summed E-state index contributed by atoms with van der Waals surface area (Å²) in [6.45, 7) is 6.78. The third-order valence-electron chi connectivity index (χ3n) is 2.68. The second-order valence-electron chi connectivity index (χ2n) is 3.87. The van der Waals surface area contributed by atoms with Crippen molar-refractivity contribution in [1.82, 2.24) is 5.32 Å². The Bertz CT molecular complexity index is 344. The second-order valence-corrected chi connectivity index (χ2v) is 3.87. The van der Waals surface area contributed by atoms with Crippen molar-refractivity contribution in [2.24, 2.45) is 0 Å². The minimum atomic E-state index is -0.236. The van der Waals surface area contributed by atoms with Gasteiger partial charge >= 0.3 is 0 Å². The minimum Gasteiger partial charge on any atom is -0.395 e. The van der Waals surface area contributed by atoms with Gasteiger partial charge in [-0.2, -0.15) is 0 Å². The molecule has 0 radical (unpaired) electrons.